The number of fused-ring (bicyclic) bond motifs is 1. The minimum absolute atomic E-state index is 0.00775. The molecule has 3 heterocycles. The molecule has 3 aromatic rings. The maximum Gasteiger partial charge on any atom is 0.153 e. The van der Waals surface area contributed by atoms with Crippen LogP contribution in [-0.4, -0.2) is 27.0 Å². The Morgan fingerprint density at radius 3 is 3.00 bits per heavy atom. The Hall–Kier alpha value is -1.31. The lowest BCUT2D eigenvalue weighted by atomic mass is 10.1. The Morgan fingerprint density at radius 1 is 1.47 bits per heavy atom. The van der Waals surface area contributed by atoms with Crippen LogP contribution in [0.3, 0.4) is 0 Å². The summed E-state index contributed by atoms with van der Waals surface area (Å²) < 4.78 is 3.70. The van der Waals surface area contributed by atoms with Gasteiger partial charge in [-0.1, -0.05) is 5.21 Å². The molecule has 1 N–H and O–H groups in total. The van der Waals surface area contributed by atoms with E-state index < -0.39 is 0 Å². The predicted octanol–water partition coefficient (Wildman–Crippen LogP) is 2.50. The summed E-state index contributed by atoms with van der Waals surface area (Å²) in [5.41, 5.74) is 3.12. The summed E-state index contributed by atoms with van der Waals surface area (Å²) in [7, 11) is 3.80. The molecular formula is C12H12BrN5S. The van der Waals surface area contributed by atoms with Crippen molar-refractivity contribution in [3.8, 4) is 0 Å². The highest BCUT2D eigenvalue weighted by atomic mass is 79.9. The van der Waals surface area contributed by atoms with Gasteiger partial charge in [-0.25, -0.2) is 4.68 Å². The molecule has 1 unspecified atom stereocenters. The molecule has 0 spiro atoms. The van der Waals surface area contributed by atoms with E-state index >= 15 is 0 Å². The molecule has 0 aliphatic heterocycles. The molecule has 3 aromatic heterocycles. The van der Waals surface area contributed by atoms with E-state index in [2.05, 4.69) is 48.0 Å². The summed E-state index contributed by atoms with van der Waals surface area (Å²) in [6.45, 7) is 0. The Bertz CT molecular complexity index is 700. The average molecular weight is 338 g/mol. The van der Waals surface area contributed by atoms with Gasteiger partial charge in [0, 0.05) is 13.2 Å². The van der Waals surface area contributed by atoms with Gasteiger partial charge in [0.2, 0.25) is 0 Å². The fourth-order valence-electron chi connectivity index (χ4n) is 2.13. The molecule has 98 valence electrons. The van der Waals surface area contributed by atoms with E-state index in [9.17, 15) is 0 Å². The van der Waals surface area contributed by atoms with Gasteiger partial charge >= 0.3 is 0 Å². The summed E-state index contributed by atoms with van der Waals surface area (Å²) in [4.78, 5) is 4.48. The zero-order valence-corrected chi connectivity index (χ0v) is 12.9. The molecule has 0 radical (unpaired) electrons. The molecule has 0 amide bonds. The number of nitrogens with one attached hydrogen (secondary N) is 1. The molecule has 5 nitrogen and oxygen atoms in total. The van der Waals surface area contributed by atoms with Gasteiger partial charge in [-0.3, -0.25) is 4.98 Å². The van der Waals surface area contributed by atoms with Crippen LogP contribution in [0.2, 0.25) is 0 Å². The van der Waals surface area contributed by atoms with Crippen LogP contribution in [0, 0.1) is 0 Å². The quantitative estimate of drug-likeness (QED) is 0.797. The molecule has 0 fully saturated rings. The molecule has 7 heteroatoms. The van der Waals surface area contributed by atoms with Crippen molar-refractivity contribution >= 4 is 37.5 Å². The van der Waals surface area contributed by atoms with Gasteiger partial charge in [-0.2, -0.15) is 0 Å². The van der Waals surface area contributed by atoms with Crippen molar-refractivity contribution in [2.24, 2.45) is 7.05 Å². The molecule has 0 saturated carbocycles. The van der Waals surface area contributed by atoms with Gasteiger partial charge in [0.05, 0.1) is 22.0 Å². The Balaban J connectivity index is 2.11. The average Bonchev–Trinajstić information content (AvgIpc) is 3.00. The first-order valence-corrected chi connectivity index (χ1v) is 7.43. The number of hydrogen-bond donors (Lipinski definition) is 1. The maximum atomic E-state index is 4.48. The Labute approximate surface area is 122 Å². The molecule has 1 atom stereocenters. The highest BCUT2D eigenvalue weighted by Crippen LogP contribution is 2.29. The lowest BCUT2D eigenvalue weighted by Gasteiger charge is -2.16. The predicted molar refractivity (Wildman–Crippen MR) is 79.2 cm³/mol. The van der Waals surface area contributed by atoms with Crippen LogP contribution in [-0.2, 0) is 7.05 Å². The second-order valence-electron chi connectivity index (χ2n) is 4.18. The van der Waals surface area contributed by atoms with Crippen LogP contribution >= 0.6 is 27.3 Å². The van der Waals surface area contributed by atoms with Crippen LogP contribution in [0.4, 0.5) is 0 Å². The fourth-order valence-corrected chi connectivity index (χ4v) is 3.47. The summed E-state index contributed by atoms with van der Waals surface area (Å²) in [5.74, 6) is 0. The van der Waals surface area contributed by atoms with Crippen molar-refractivity contribution in [1.82, 2.24) is 25.3 Å². The normalized spacial score (nSPS) is 13.0. The number of pyridine rings is 1. The highest BCUT2D eigenvalue weighted by molar-refractivity contribution is 9.10. The van der Waals surface area contributed by atoms with E-state index in [4.69, 9.17) is 0 Å². The zero-order chi connectivity index (χ0) is 13.4. The van der Waals surface area contributed by atoms with Gasteiger partial charge in [0.25, 0.3) is 0 Å². The number of rotatable bonds is 3. The third-order valence-corrected chi connectivity index (χ3v) is 4.46. The summed E-state index contributed by atoms with van der Waals surface area (Å²) >= 11 is 5.14. The number of aryl methyl sites for hydroxylation is 1. The van der Waals surface area contributed by atoms with Crippen molar-refractivity contribution < 1.29 is 0 Å². The number of aromatic nitrogens is 4. The minimum atomic E-state index is 0.00775. The number of nitrogens with zero attached hydrogens (tertiary/aromatic N) is 4. The van der Waals surface area contributed by atoms with Crippen LogP contribution in [0.15, 0.2) is 28.3 Å². The Kier molecular flexibility index (Phi) is 3.34. The van der Waals surface area contributed by atoms with Crippen molar-refractivity contribution in [2.75, 3.05) is 7.05 Å². The molecule has 0 bridgehead atoms. The van der Waals surface area contributed by atoms with Crippen LogP contribution in [0.5, 0.6) is 0 Å². The number of hydrogen-bond acceptors (Lipinski definition) is 5. The largest absolute Gasteiger partial charge is 0.308 e. The van der Waals surface area contributed by atoms with Crippen LogP contribution < -0.4 is 5.32 Å². The van der Waals surface area contributed by atoms with Crippen LogP contribution in [0.25, 0.3) is 10.2 Å². The van der Waals surface area contributed by atoms with Gasteiger partial charge in [0.15, 0.2) is 4.60 Å². The summed E-state index contributed by atoms with van der Waals surface area (Å²) in [6.07, 6.45) is 1.90. The molecule has 0 aromatic carbocycles. The van der Waals surface area contributed by atoms with E-state index in [1.165, 1.54) is 4.70 Å². The van der Waals surface area contributed by atoms with E-state index in [1.54, 1.807) is 16.0 Å². The standard InChI is InChI=1S/C12H12BrN5S/c1-14-10(11-12(13)16-17-18(11)2)7-5-9-8(15-6-7)3-4-19-9/h3-6,10,14H,1-2H3. The van der Waals surface area contributed by atoms with Gasteiger partial charge < -0.3 is 5.32 Å². The van der Waals surface area contributed by atoms with Crippen molar-refractivity contribution in [3.05, 3.63) is 39.6 Å². The molecule has 19 heavy (non-hydrogen) atoms. The monoisotopic (exact) mass is 337 g/mol. The fraction of sp³-hybridized carbons (Fsp3) is 0.250. The first-order valence-electron chi connectivity index (χ1n) is 5.76. The molecule has 3 rings (SSSR count). The van der Waals surface area contributed by atoms with Crippen molar-refractivity contribution in [1.29, 1.82) is 0 Å². The maximum absolute atomic E-state index is 4.48. The second kappa shape index (κ2) is 4.99. The summed E-state index contributed by atoms with van der Waals surface area (Å²) in [5, 5.41) is 13.4. The van der Waals surface area contributed by atoms with Gasteiger partial charge in [-0.05, 0) is 46.1 Å². The molecule has 0 saturated heterocycles. The number of thiophene rings is 1. The smallest absolute Gasteiger partial charge is 0.153 e. The molecular weight excluding hydrogens is 326 g/mol. The first kappa shape index (κ1) is 12.7. The topological polar surface area (TPSA) is 55.6 Å². The lowest BCUT2D eigenvalue weighted by Crippen LogP contribution is -2.21. The van der Waals surface area contributed by atoms with E-state index in [0.29, 0.717) is 0 Å². The summed E-state index contributed by atoms with van der Waals surface area (Å²) in [6, 6.07) is 4.20. The SMILES string of the molecule is CNC(c1cnc2ccsc2c1)c1c(Br)nnn1C. The van der Waals surface area contributed by atoms with Crippen molar-refractivity contribution in [2.45, 2.75) is 6.04 Å². The van der Waals surface area contributed by atoms with E-state index in [-0.39, 0.29) is 6.04 Å². The lowest BCUT2D eigenvalue weighted by molar-refractivity contribution is 0.596. The molecule has 0 aliphatic carbocycles. The first-order chi connectivity index (χ1) is 9.20. The number of halogens is 1. The molecule has 0 aliphatic rings. The highest BCUT2D eigenvalue weighted by Gasteiger charge is 2.21. The van der Waals surface area contributed by atoms with Gasteiger partial charge in [-0.15, -0.1) is 16.4 Å². The van der Waals surface area contributed by atoms with Gasteiger partial charge in [0.1, 0.15) is 0 Å². The van der Waals surface area contributed by atoms with E-state index in [0.717, 1.165) is 21.4 Å². The third kappa shape index (κ3) is 2.18. The second-order valence-corrected chi connectivity index (χ2v) is 5.88. The minimum Gasteiger partial charge on any atom is -0.308 e. The van der Waals surface area contributed by atoms with Crippen molar-refractivity contribution in [3.63, 3.8) is 0 Å². The third-order valence-electron chi connectivity index (χ3n) is 3.05. The van der Waals surface area contributed by atoms with E-state index in [1.807, 2.05) is 26.4 Å². The zero-order valence-electron chi connectivity index (χ0n) is 10.5. The van der Waals surface area contributed by atoms with Crippen LogP contribution in [0.1, 0.15) is 17.3 Å². The Morgan fingerprint density at radius 2 is 2.32 bits per heavy atom.